The van der Waals surface area contributed by atoms with Crippen molar-refractivity contribution >= 4 is 16.9 Å². The molecule has 0 fully saturated rings. The van der Waals surface area contributed by atoms with E-state index in [4.69, 9.17) is 4.74 Å². The predicted molar refractivity (Wildman–Crippen MR) is 52.0 cm³/mol. The van der Waals surface area contributed by atoms with Gasteiger partial charge in [-0.3, -0.25) is 9.78 Å². The van der Waals surface area contributed by atoms with Crippen LogP contribution in [0, 0.1) is 0 Å². The zero-order valence-electron chi connectivity index (χ0n) is 7.78. The minimum Gasteiger partial charge on any atom is -0.424 e. The third kappa shape index (κ3) is 1.46. The molecule has 1 N–H and O–H groups in total. The van der Waals surface area contributed by atoms with Crippen molar-refractivity contribution in [2.45, 2.75) is 13.3 Å². The van der Waals surface area contributed by atoms with E-state index in [1.54, 1.807) is 25.5 Å². The molecule has 0 atom stereocenters. The third-order valence-corrected chi connectivity index (χ3v) is 1.96. The predicted octanol–water partition coefficient (Wildman–Crippen LogP) is 1.88. The molecule has 14 heavy (non-hydrogen) atoms. The molecule has 0 bridgehead atoms. The highest BCUT2D eigenvalue weighted by molar-refractivity contribution is 5.87. The van der Waals surface area contributed by atoms with E-state index >= 15 is 0 Å². The number of carbonyl (C=O) groups excluding carboxylic acids is 1. The highest BCUT2D eigenvalue weighted by Crippen LogP contribution is 2.24. The van der Waals surface area contributed by atoms with Gasteiger partial charge in [-0.2, -0.15) is 0 Å². The Morgan fingerprint density at radius 2 is 2.50 bits per heavy atom. The van der Waals surface area contributed by atoms with E-state index in [0.717, 1.165) is 10.9 Å². The number of pyridine rings is 1. The Kier molecular flexibility index (Phi) is 2.18. The molecule has 2 aromatic rings. The fourth-order valence-electron chi connectivity index (χ4n) is 1.22. The molecule has 0 radical (unpaired) electrons. The van der Waals surface area contributed by atoms with Crippen LogP contribution < -0.4 is 4.74 Å². The molecule has 72 valence electrons. The zero-order chi connectivity index (χ0) is 9.97. The van der Waals surface area contributed by atoms with E-state index in [-0.39, 0.29) is 5.97 Å². The molecule has 0 aliphatic carbocycles. The van der Waals surface area contributed by atoms with Gasteiger partial charge in [0.15, 0.2) is 5.75 Å². The van der Waals surface area contributed by atoms with Crippen molar-refractivity contribution in [2.24, 2.45) is 0 Å². The average molecular weight is 190 g/mol. The normalized spacial score (nSPS) is 10.4. The van der Waals surface area contributed by atoms with Crippen molar-refractivity contribution in [2.75, 3.05) is 0 Å². The number of fused-ring (bicyclic) bond motifs is 1. The monoisotopic (exact) mass is 190 g/mol. The van der Waals surface area contributed by atoms with Crippen LogP contribution in [0.4, 0.5) is 0 Å². The number of aromatic nitrogens is 2. The zero-order valence-corrected chi connectivity index (χ0v) is 7.78. The Morgan fingerprint density at radius 3 is 3.29 bits per heavy atom. The lowest BCUT2D eigenvalue weighted by Crippen LogP contribution is -2.04. The van der Waals surface area contributed by atoms with Gasteiger partial charge in [0.05, 0.1) is 10.9 Å². The Hall–Kier alpha value is -1.84. The van der Waals surface area contributed by atoms with Gasteiger partial charge in [0.25, 0.3) is 0 Å². The van der Waals surface area contributed by atoms with Crippen LogP contribution >= 0.6 is 0 Å². The van der Waals surface area contributed by atoms with Gasteiger partial charge in [-0.05, 0) is 6.07 Å². The molecule has 0 saturated heterocycles. The second-order valence-corrected chi connectivity index (χ2v) is 2.90. The first-order valence-electron chi connectivity index (χ1n) is 4.43. The number of hydrogen-bond donors (Lipinski definition) is 1. The van der Waals surface area contributed by atoms with Crippen molar-refractivity contribution in [1.29, 1.82) is 0 Å². The summed E-state index contributed by atoms with van der Waals surface area (Å²) in [6.07, 6.45) is 5.39. The lowest BCUT2D eigenvalue weighted by molar-refractivity contribution is -0.133. The van der Waals surface area contributed by atoms with Crippen LogP contribution in [0.3, 0.4) is 0 Å². The third-order valence-electron chi connectivity index (χ3n) is 1.96. The van der Waals surface area contributed by atoms with Crippen LogP contribution in [0.1, 0.15) is 13.3 Å². The molecule has 4 heteroatoms. The molecule has 0 unspecified atom stereocenters. The molecule has 2 aromatic heterocycles. The SMILES string of the molecule is CCC(=O)Oc1c[nH]c2ccncc12. The maximum atomic E-state index is 11.1. The van der Waals surface area contributed by atoms with Crippen molar-refractivity contribution in [3.8, 4) is 5.75 Å². The Labute approximate surface area is 80.9 Å². The number of nitrogens with zero attached hydrogens (tertiary/aromatic N) is 1. The Morgan fingerprint density at radius 1 is 1.64 bits per heavy atom. The summed E-state index contributed by atoms with van der Waals surface area (Å²) in [5.41, 5.74) is 0.916. The fraction of sp³-hybridized carbons (Fsp3) is 0.200. The highest BCUT2D eigenvalue weighted by Gasteiger charge is 2.07. The van der Waals surface area contributed by atoms with E-state index in [1.807, 2.05) is 6.07 Å². The lowest BCUT2D eigenvalue weighted by Gasteiger charge is -1.98. The van der Waals surface area contributed by atoms with E-state index in [2.05, 4.69) is 9.97 Å². The summed E-state index contributed by atoms with van der Waals surface area (Å²) >= 11 is 0. The van der Waals surface area contributed by atoms with Gasteiger partial charge < -0.3 is 9.72 Å². The van der Waals surface area contributed by atoms with E-state index < -0.39 is 0 Å². The number of aromatic amines is 1. The second-order valence-electron chi connectivity index (χ2n) is 2.90. The van der Waals surface area contributed by atoms with Crippen LogP contribution in [0.25, 0.3) is 10.9 Å². The Balaban J connectivity index is 2.38. The molecule has 0 saturated carbocycles. The molecule has 0 aliphatic heterocycles. The number of rotatable bonds is 2. The molecular weight excluding hydrogens is 180 g/mol. The van der Waals surface area contributed by atoms with Crippen molar-refractivity contribution in [3.05, 3.63) is 24.7 Å². The largest absolute Gasteiger partial charge is 0.424 e. The quantitative estimate of drug-likeness (QED) is 0.735. The van der Waals surface area contributed by atoms with Crippen LogP contribution in [-0.4, -0.2) is 15.9 Å². The molecule has 0 aromatic carbocycles. The number of H-pyrrole nitrogens is 1. The molecule has 0 spiro atoms. The van der Waals surface area contributed by atoms with E-state index in [0.29, 0.717) is 12.2 Å². The first kappa shape index (κ1) is 8.74. The summed E-state index contributed by atoms with van der Waals surface area (Å²) in [6, 6.07) is 1.83. The lowest BCUT2D eigenvalue weighted by atomic mass is 10.3. The van der Waals surface area contributed by atoms with Crippen LogP contribution in [-0.2, 0) is 4.79 Å². The van der Waals surface area contributed by atoms with Gasteiger partial charge in [-0.1, -0.05) is 6.92 Å². The molecule has 4 nitrogen and oxygen atoms in total. The van der Waals surface area contributed by atoms with Gasteiger partial charge >= 0.3 is 5.97 Å². The van der Waals surface area contributed by atoms with Crippen LogP contribution in [0.2, 0.25) is 0 Å². The van der Waals surface area contributed by atoms with Crippen molar-refractivity contribution in [3.63, 3.8) is 0 Å². The molecule has 2 rings (SSSR count). The van der Waals surface area contributed by atoms with Gasteiger partial charge in [0, 0.05) is 25.0 Å². The van der Waals surface area contributed by atoms with Crippen LogP contribution in [0.15, 0.2) is 24.7 Å². The van der Waals surface area contributed by atoms with Gasteiger partial charge in [0.2, 0.25) is 0 Å². The fourth-order valence-corrected chi connectivity index (χ4v) is 1.22. The summed E-state index contributed by atoms with van der Waals surface area (Å²) in [7, 11) is 0. The maximum Gasteiger partial charge on any atom is 0.310 e. The summed E-state index contributed by atoms with van der Waals surface area (Å²) in [4.78, 5) is 18.0. The average Bonchev–Trinajstić information content (AvgIpc) is 2.62. The van der Waals surface area contributed by atoms with Crippen molar-refractivity contribution in [1.82, 2.24) is 9.97 Å². The number of esters is 1. The molecular formula is C10H10N2O2. The number of hydrogen-bond acceptors (Lipinski definition) is 3. The topological polar surface area (TPSA) is 55.0 Å². The van der Waals surface area contributed by atoms with Gasteiger partial charge in [-0.15, -0.1) is 0 Å². The van der Waals surface area contributed by atoms with Crippen molar-refractivity contribution < 1.29 is 9.53 Å². The number of nitrogens with one attached hydrogen (secondary N) is 1. The Bertz CT molecular complexity index is 462. The number of carbonyl (C=O) groups is 1. The van der Waals surface area contributed by atoms with Gasteiger partial charge in [-0.25, -0.2) is 0 Å². The minimum atomic E-state index is -0.241. The summed E-state index contributed by atoms with van der Waals surface area (Å²) < 4.78 is 5.11. The summed E-state index contributed by atoms with van der Waals surface area (Å²) in [6.45, 7) is 1.76. The smallest absolute Gasteiger partial charge is 0.310 e. The van der Waals surface area contributed by atoms with E-state index in [1.165, 1.54) is 0 Å². The standard InChI is InChI=1S/C10H10N2O2/c1-2-10(13)14-9-6-12-8-3-4-11-5-7(8)9/h3-6,12H,2H2,1H3. The minimum absolute atomic E-state index is 0.241. The second kappa shape index (κ2) is 3.49. The molecule has 2 heterocycles. The highest BCUT2D eigenvalue weighted by atomic mass is 16.5. The first-order chi connectivity index (χ1) is 6.81. The summed E-state index contributed by atoms with van der Waals surface area (Å²) in [5.74, 6) is 0.301. The van der Waals surface area contributed by atoms with Crippen LogP contribution in [0.5, 0.6) is 5.75 Å². The maximum absolute atomic E-state index is 11.1. The summed E-state index contributed by atoms with van der Waals surface area (Å²) in [5, 5.41) is 0.828. The first-order valence-corrected chi connectivity index (χ1v) is 4.43. The number of ether oxygens (including phenoxy) is 1. The van der Waals surface area contributed by atoms with E-state index in [9.17, 15) is 4.79 Å². The van der Waals surface area contributed by atoms with Gasteiger partial charge in [0.1, 0.15) is 0 Å². The molecule has 0 aliphatic rings. The molecule has 0 amide bonds.